The van der Waals surface area contributed by atoms with Gasteiger partial charge in [0.2, 0.25) is 5.91 Å². The normalized spacial score (nSPS) is 19.5. The number of likely N-dealkylation sites (tertiary alicyclic amines) is 1. The van der Waals surface area contributed by atoms with Crippen molar-refractivity contribution in [2.75, 3.05) is 18.1 Å². The van der Waals surface area contributed by atoms with E-state index in [1.165, 1.54) is 19.2 Å². The fraction of sp³-hybridized carbons (Fsp3) is 0.273. The minimum Gasteiger partial charge on any atom is -0.399 e. The first-order chi connectivity index (χ1) is 8.40. The smallest absolute Gasteiger partial charge is 0.251 e. The van der Waals surface area contributed by atoms with Crippen molar-refractivity contribution in [3.8, 4) is 0 Å². The van der Waals surface area contributed by atoms with E-state index in [1.54, 1.807) is 0 Å². The molecular formula is C11H11Cl2N3O2. The first-order valence-corrected chi connectivity index (χ1v) is 5.97. The average molecular weight is 288 g/mol. The van der Waals surface area contributed by atoms with Gasteiger partial charge in [0.05, 0.1) is 22.2 Å². The Labute approximate surface area is 114 Å². The Morgan fingerprint density at radius 3 is 2.33 bits per heavy atom. The van der Waals surface area contributed by atoms with Gasteiger partial charge >= 0.3 is 0 Å². The van der Waals surface area contributed by atoms with E-state index < -0.39 is 6.04 Å². The maximum Gasteiger partial charge on any atom is 0.251 e. The lowest BCUT2D eigenvalue weighted by Gasteiger charge is -2.15. The second-order valence-electron chi connectivity index (χ2n) is 4.05. The third-order valence-corrected chi connectivity index (χ3v) is 3.36. The van der Waals surface area contributed by atoms with Crippen molar-refractivity contribution in [2.45, 2.75) is 12.5 Å². The fourth-order valence-corrected chi connectivity index (χ4v) is 2.39. The van der Waals surface area contributed by atoms with Gasteiger partial charge in [0, 0.05) is 12.7 Å². The van der Waals surface area contributed by atoms with Crippen molar-refractivity contribution in [1.29, 1.82) is 0 Å². The van der Waals surface area contributed by atoms with Crippen molar-refractivity contribution in [3.63, 3.8) is 0 Å². The molecule has 96 valence electrons. The first kappa shape index (κ1) is 13.0. The monoisotopic (exact) mass is 287 g/mol. The minimum absolute atomic E-state index is 0.0897. The molecule has 1 atom stereocenters. The van der Waals surface area contributed by atoms with Crippen LogP contribution in [0.2, 0.25) is 10.0 Å². The summed E-state index contributed by atoms with van der Waals surface area (Å²) in [5.74, 6) is -0.538. The third-order valence-electron chi connectivity index (χ3n) is 2.76. The Morgan fingerprint density at radius 2 is 1.89 bits per heavy atom. The molecule has 0 aromatic heterocycles. The van der Waals surface area contributed by atoms with Crippen LogP contribution in [0.25, 0.3) is 0 Å². The lowest BCUT2D eigenvalue weighted by atomic mass is 10.2. The average Bonchev–Trinajstić information content (AvgIpc) is 2.51. The van der Waals surface area contributed by atoms with Crippen molar-refractivity contribution >= 4 is 46.4 Å². The van der Waals surface area contributed by atoms with Crippen LogP contribution in [0.4, 0.5) is 11.4 Å². The highest BCUT2D eigenvalue weighted by Gasteiger charge is 2.36. The van der Waals surface area contributed by atoms with E-state index in [-0.39, 0.29) is 18.2 Å². The number of rotatable bonds is 2. The molecule has 1 saturated heterocycles. The Morgan fingerprint density at radius 1 is 1.33 bits per heavy atom. The van der Waals surface area contributed by atoms with Crippen LogP contribution in [0.3, 0.4) is 0 Å². The molecule has 1 heterocycles. The lowest BCUT2D eigenvalue weighted by molar-refractivity contribution is -0.136. The number of halogens is 2. The molecule has 5 nitrogen and oxygen atoms in total. The van der Waals surface area contributed by atoms with E-state index in [0.29, 0.717) is 21.4 Å². The molecule has 3 N–H and O–H groups in total. The number of carbonyl (C=O) groups is 2. The maximum atomic E-state index is 11.7. The van der Waals surface area contributed by atoms with Crippen LogP contribution in [0.15, 0.2) is 12.1 Å². The molecule has 1 aliphatic rings. The van der Waals surface area contributed by atoms with E-state index in [4.69, 9.17) is 28.9 Å². The highest BCUT2D eigenvalue weighted by Crippen LogP contribution is 2.34. The van der Waals surface area contributed by atoms with E-state index in [1.807, 2.05) is 0 Å². The quantitative estimate of drug-likeness (QED) is 0.642. The minimum atomic E-state index is -0.638. The molecule has 1 aromatic rings. The standard InChI is InChI=1S/C11H11Cl2N3O2/c1-16-9(17)4-8(11(16)18)15-10-6(12)2-5(14)3-7(10)13/h2-3,8,15H,4,14H2,1H3. The summed E-state index contributed by atoms with van der Waals surface area (Å²) in [4.78, 5) is 24.2. The predicted molar refractivity (Wildman–Crippen MR) is 70.7 cm³/mol. The summed E-state index contributed by atoms with van der Waals surface area (Å²) < 4.78 is 0. The number of nitrogens with zero attached hydrogens (tertiary/aromatic N) is 1. The number of nitrogens with one attached hydrogen (secondary N) is 1. The summed E-state index contributed by atoms with van der Waals surface area (Å²) in [6.45, 7) is 0. The number of hydrogen-bond acceptors (Lipinski definition) is 4. The fourth-order valence-electron chi connectivity index (χ4n) is 1.77. The van der Waals surface area contributed by atoms with Gasteiger partial charge < -0.3 is 11.1 Å². The zero-order chi connectivity index (χ0) is 13.4. The largest absolute Gasteiger partial charge is 0.399 e. The Balaban J connectivity index is 2.26. The molecule has 0 aliphatic carbocycles. The van der Waals surface area contributed by atoms with Crippen molar-refractivity contribution in [3.05, 3.63) is 22.2 Å². The molecule has 0 saturated carbocycles. The Hall–Kier alpha value is -1.46. The summed E-state index contributed by atoms with van der Waals surface area (Å²) in [5, 5.41) is 3.51. The maximum absolute atomic E-state index is 11.7. The van der Waals surface area contributed by atoms with Crippen molar-refractivity contribution in [2.24, 2.45) is 0 Å². The van der Waals surface area contributed by atoms with Gasteiger partial charge in [-0.15, -0.1) is 0 Å². The highest BCUT2D eigenvalue weighted by atomic mass is 35.5. The number of nitrogen functional groups attached to an aromatic ring is 1. The molecule has 2 amide bonds. The second-order valence-corrected chi connectivity index (χ2v) is 4.87. The zero-order valence-corrected chi connectivity index (χ0v) is 11.0. The van der Waals surface area contributed by atoms with Gasteiger partial charge in [-0.25, -0.2) is 0 Å². The van der Waals surface area contributed by atoms with Crippen LogP contribution in [-0.2, 0) is 9.59 Å². The molecule has 1 aliphatic heterocycles. The van der Waals surface area contributed by atoms with Gasteiger partial charge in [0.15, 0.2) is 0 Å². The summed E-state index contributed by atoms with van der Waals surface area (Å²) in [6, 6.07) is 2.42. The van der Waals surface area contributed by atoms with Crippen LogP contribution >= 0.6 is 23.2 Å². The van der Waals surface area contributed by atoms with Gasteiger partial charge in [-0.3, -0.25) is 14.5 Å². The Kier molecular flexibility index (Phi) is 3.36. The molecule has 0 bridgehead atoms. The number of hydrogen-bond donors (Lipinski definition) is 2. The summed E-state index contributed by atoms with van der Waals surface area (Å²) in [7, 11) is 1.44. The highest BCUT2D eigenvalue weighted by molar-refractivity contribution is 6.39. The number of carbonyl (C=O) groups excluding carboxylic acids is 2. The van der Waals surface area contributed by atoms with E-state index in [2.05, 4.69) is 5.32 Å². The molecule has 7 heteroatoms. The van der Waals surface area contributed by atoms with E-state index in [9.17, 15) is 9.59 Å². The van der Waals surface area contributed by atoms with Crippen LogP contribution in [0.5, 0.6) is 0 Å². The molecule has 0 radical (unpaired) electrons. The van der Waals surface area contributed by atoms with Gasteiger partial charge in [-0.05, 0) is 12.1 Å². The molecule has 1 unspecified atom stereocenters. The predicted octanol–water partition coefficient (Wildman–Crippen LogP) is 1.74. The number of nitrogens with two attached hydrogens (primary N) is 1. The van der Waals surface area contributed by atoms with E-state index >= 15 is 0 Å². The first-order valence-electron chi connectivity index (χ1n) is 5.21. The number of imide groups is 1. The molecular weight excluding hydrogens is 277 g/mol. The molecule has 0 spiro atoms. The zero-order valence-electron chi connectivity index (χ0n) is 9.54. The molecule has 1 fully saturated rings. The van der Waals surface area contributed by atoms with Gasteiger partial charge in [0.1, 0.15) is 6.04 Å². The number of amides is 2. The summed E-state index contributed by atoms with van der Waals surface area (Å²) in [5.41, 5.74) is 6.42. The molecule has 1 aromatic carbocycles. The van der Waals surface area contributed by atoms with Crippen LogP contribution in [-0.4, -0.2) is 29.8 Å². The van der Waals surface area contributed by atoms with Crippen molar-refractivity contribution < 1.29 is 9.59 Å². The summed E-state index contributed by atoms with van der Waals surface area (Å²) in [6.07, 6.45) is 0.0897. The lowest BCUT2D eigenvalue weighted by Crippen LogP contribution is -2.31. The van der Waals surface area contributed by atoms with Gasteiger partial charge in [0.25, 0.3) is 5.91 Å². The Bertz CT molecular complexity index is 510. The van der Waals surface area contributed by atoms with Crippen LogP contribution in [0, 0.1) is 0 Å². The van der Waals surface area contributed by atoms with E-state index in [0.717, 1.165) is 4.90 Å². The van der Waals surface area contributed by atoms with Crippen LogP contribution in [0.1, 0.15) is 6.42 Å². The topological polar surface area (TPSA) is 75.4 Å². The summed E-state index contributed by atoms with van der Waals surface area (Å²) >= 11 is 12.0. The van der Waals surface area contributed by atoms with Crippen LogP contribution < -0.4 is 11.1 Å². The number of benzene rings is 1. The number of likely N-dealkylation sites (N-methyl/N-ethyl adjacent to an activating group) is 1. The number of anilines is 2. The van der Waals surface area contributed by atoms with Crippen molar-refractivity contribution in [1.82, 2.24) is 4.90 Å². The SMILES string of the molecule is CN1C(=O)CC(Nc2c(Cl)cc(N)cc2Cl)C1=O. The van der Waals surface area contributed by atoms with Gasteiger partial charge in [-0.1, -0.05) is 23.2 Å². The second kappa shape index (κ2) is 4.66. The van der Waals surface area contributed by atoms with Gasteiger partial charge in [-0.2, -0.15) is 0 Å². The molecule has 2 rings (SSSR count). The molecule has 18 heavy (non-hydrogen) atoms. The third kappa shape index (κ3) is 2.23.